The Kier molecular flexibility index (Phi) is 4.62. The molecule has 2 heterocycles. The molecule has 0 aliphatic carbocycles. The number of aromatic nitrogens is 1. The zero-order valence-corrected chi connectivity index (χ0v) is 14.8. The molecule has 2 aromatic heterocycles. The van der Waals surface area contributed by atoms with Crippen LogP contribution in [0, 0.1) is 6.92 Å². The number of carbonyl (C=O) groups excluding carboxylic acids is 1. The van der Waals surface area contributed by atoms with Gasteiger partial charge in [0.2, 0.25) is 5.76 Å². The van der Waals surface area contributed by atoms with Gasteiger partial charge in [-0.2, -0.15) is 8.78 Å². The molecule has 1 amide bonds. The zero-order chi connectivity index (χ0) is 18.2. The molecule has 4 nitrogen and oxygen atoms in total. The van der Waals surface area contributed by atoms with Crippen molar-refractivity contribution in [1.82, 2.24) is 5.16 Å². The molecule has 130 valence electrons. The standard InChI is InChI=1S/C17H13ClF2N2O2S/c1-9-14(22-24-15(9)17(2,19)20)12-7-8-13(25-12)16(23)21-11-6-4-3-5-10(11)18/h3-8H,1-2H3,(H,21,23). The maximum atomic E-state index is 13.5. The summed E-state index contributed by atoms with van der Waals surface area (Å²) in [5.41, 5.74) is 1.06. The van der Waals surface area contributed by atoms with Crippen molar-refractivity contribution in [2.24, 2.45) is 0 Å². The van der Waals surface area contributed by atoms with Crippen LogP contribution in [0.1, 0.15) is 27.9 Å². The van der Waals surface area contributed by atoms with Crippen molar-refractivity contribution in [2.75, 3.05) is 5.32 Å². The molecule has 0 saturated heterocycles. The molecule has 8 heteroatoms. The van der Waals surface area contributed by atoms with E-state index in [-0.39, 0.29) is 11.5 Å². The lowest BCUT2D eigenvalue weighted by atomic mass is 10.1. The first-order chi connectivity index (χ1) is 11.8. The molecule has 1 N–H and O–H groups in total. The van der Waals surface area contributed by atoms with E-state index in [9.17, 15) is 13.6 Å². The molecule has 3 rings (SSSR count). The quantitative estimate of drug-likeness (QED) is 0.627. The Morgan fingerprint density at radius 2 is 2.00 bits per heavy atom. The number of carbonyl (C=O) groups is 1. The summed E-state index contributed by atoms with van der Waals surface area (Å²) in [5.74, 6) is -3.93. The third-order valence-corrected chi connectivity index (χ3v) is 4.93. The van der Waals surface area contributed by atoms with Gasteiger partial charge >= 0.3 is 5.92 Å². The Morgan fingerprint density at radius 1 is 1.28 bits per heavy atom. The summed E-state index contributed by atoms with van der Waals surface area (Å²) in [6, 6.07) is 10.1. The van der Waals surface area contributed by atoms with E-state index in [2.05, 4.69) is 10.5 Å². The highest BCUT2D eigenvalue weighted by atomic mass is 35.5. The van der Waals surface area contributed by atoms with Crippen LogP contribution in [0.25, 0.3) is 10.6 Å². The number of benzene rings is 1. The maximum absolute atomic E-state index is 13.5. The molecule has 3 aromatic rings. The van der Waals surface area contributed by atoms with Crippen LogP contribution in [0.5, 0.6) is 0 Å². The predicted octanol–water partition coefficient (Wildman–Crippen LogP) is 5.73. The van der Waals surface area contributed by atoms with E-state index in [0.717, 1.165) is 18.3 Å². The van der Waals surface area contributed by atoms with Gasteiger partial charge in [-0.1, -0.05) is 28.9 Å². The third kappa shape index (κ3) is 3.57. The second-order valence-electron chi connectivity index (χ2n) is 5.47. The third-order valence-electron chi connectivity index (χ3n) is 3.51. The van der Waals surface area contributed by atoms with Crippen molar-refractivity contribution in [3.8, 4) is 10.6 Å². The number of halogens is 3. The lowest BCUT2D eigenvalue weighted by Gasteiger charge is -2.05. The molecule has 0 aliphatic rings. The van der Waals surface area contributed by atoms with E-state index in [1.807, 2.05) is 0 Å². The Balaban J connectivity index is 1.85. The molecule has 0 spiro atoms. The summed E-state index contributed by atoms with van der Waals surface area (Å²) in [6.07, 6.45) is 0. The summed E-state index contributed by atoms with van der Waals surface area (Å²) in [5, 5.41) is 6.86. The topological polar surface area (TPSA) is 55.1 Å². The van der Waals surface area contributed by atoms with E-state index in [0.29, 0.717) is 26.2 Å². The average Bonchev–Trinajstić information content (AvgIpc) is 3.15. The van der Waals surface area contributed by atoms with Gasteiger partial charge in [0.15, 0.2) is 0 Å². The minimum atomic E-state index is -3.11. The van der Waals surface area contributed by atoms with Gasteiger partial charge in [0.25, 0.3) is 5.91 Å². The smallest absolute Gasteiger partial charge is 0.304 e. The van der Waals surface area contributed by atoms with Gasteiger partial charge in [-0.05, 0) is 31.2 Å². The summed E-state index contributed by atoms with van der Waals surface area (Å²) in [6.45, 7) is 2.27. The van der Waals surface area contributed by atoms with Crippen LogP contribution in [0.2, 0.25) is 5.02 Å². The molecule has 0 fully saturated rings. The lowest BCUT2D eigenvalue weighted by Crippen LogP contribution is -2.10. The first-order valence-electron chi connectivity index (χ1n) is 7.28. The second-order valence-corrected chi connectivity index (χ2v) is 6.96. The number of nitrogens with one attached hydrogen (secondary N) is 1. The van der Waals surface area contributed by atoms with Gasteiger partial charge in [0.05, 0.1) is 20.5 Å². The van der Waals surface area contributed by atoms with Crippen LogP contribution in [-0.2, 0) is 5.92 Å². The molecular formula is C17H13ClF2N2O2S. The Morgan fingerprint density at radius 3 is 2.64 bits per heavy atom. The van der Waals surface area contributed by atoms with Crippen molar-refractivity contribution < 1.29 is 18.1 Å². The summed E-state index contributed by atoms with van der Waals surface area (Å²) < 4.78 is 31.7. The van der Waals surface area contributed by atoms with Crippen molar-refractivity contribution in [1.29, 1.82) is 0 Å². The van der Waals surface area contributed by atoms with Crippen LogP contribution < -0.4 is 5.32 Å². The minimum Gasteiger partial charge on any atom is -0.354 e. The number of amides is 1. The fourth-order valence-corrected chi connectivity index (χ4v) is 3.43. The van der Waals surface area contributed by atoms with Crippen LogP contribution in [0.15, 0.2) is 40.9 Å². The average molecular weight is 383 g/mol. The molecule has 25 heavy (non-hydrogen) atoms. The van der Waals surface area contributed by atoms with Gasteiger partial charge in [0, 0.05) is 12.5 Å². The number of anilines is 1. The van der Waals surface area contributed by atoms with Crippen LogP contribution in [-0.4, -0.2) is 11.1 Å². The fourth-order valence-electron chi connectivity index (χ4n) is 2.31. The van der Waals surface area contributed by atoms with Gasteiger partial charge in [0.1, 0.15) is 5.69 Å². The highest BCUT2D eigenvalue weighted by Gasteiger charge is 2.33. The molecule has 0 bridgehead atoms. The zero-order valence-electron chi connectivity index (χ0n) is 13.3. The van der Waals surface area contributed by atoms with E-state index < -0.39 is 11.7 Å². The summed E-state index contributed by atoms with van der Waals surface area (Å²) in [7, 11) is 0. The SMILES string of the molecule is Cc1c(-c2ccc(C(=O)Nc3ccccc3Cl)s2)noc1C(C)(F)F. The molecule has 0 aliphatic heterocycles. The van der Waals surface area contributed by atoms with E-state index >= 15 is 0 Å². The summed E-state index contributed by atoms with van der Waals surface area (Å²) >= 11 is 7.15. The van der Waals surface area contributed by atoms with Crippen molar-refractivity contribution in [3.05, 3.63) is 57.6 Å². The summed E-state index contributed by atoms with van der Waals surface area (Å²) in [4.78, 5) is 13.3. The highest BCUT2D eigenvalue weighted by Crippen LogP contribution is 2.37. The number of alkyl halides is 2. The number of para-hydroxylation sites is 1. The Bertz CT molecular complexity index is 931. The first-order valence-corrected chi connectivity index (χ1v) is 8.47. The van der Waals surface area contributed by atoms with Gasteiger partial charge in [-0.25, -0.2) is 0 Å². The van der Waals surface area contributed by atoms with Gasteiger partial charge < -0.3 is 9.84 Å². The largest absolute Gasteiger partial charge is 0.354 e. The molecule has 0 unspecified atom stereocenters. The van der Waals surface area contributed by atoms with Gasteiger partial charge in [-0.15, -0.1) is 11.3 Å². The number of hydrogen-bond donors (Lipinski definition) is 1. The normalized spacial score (nSPS) is 11.6. The monoisotopic (exact) mass is 382 g/mol. The Hall–Kier alpha value is -2.25. The molecule has 0 saturated carbocycles. The minimum absolute atomic E-state index is 0.257. The molecule has 0 atom stereocenters. The van der Waals surface area contributed by atoms with Crippen molar-refractivity contribution in [3.63, 3.8) is 0 Å². The first kappa shape index (κ1) is 17.6. The van der Waals surface area contributed by atoms with E-state index in [1.54, 1.807) is 36.4 Å². The van der Waals surface area contributed by atoms with Crippen LogP contribution >= 0.6 is 22.9 Å². The van der Waals surface area contributed by atoms with Crippen LogP contribution in [0.3, 0.4) is 0 Å². The number of nitrogens with zero attached hydrogens (tertiary/aromatic N) is 1. The molecular weight excluding hydrogens is 370 g/mol. The Labute approximate surface area is 151 Å². The lowest BCUT2D eigenvalue weighted by molar-refractivity contribution is -0.0112. The predicted molar refractivity (Wildman–Crippen MR) is 93.5 cm³/mol. The maximum Gasteiger partial charge on any atom is 0.304 e. The van der Waals surface area contributed by atoms with E-state index in [4.69, 9.17) is 16.1 Å². The number of thiophene rings is 1. The second kappa shape index (κ2) is 6.57. The van der Waals surface area contributed by atoms with Gasteiger partial charge in [-0.3, -0.25) is 4.79 Å². The number of hydrogen-bond acceptors (Lipinski definition) is 4. The fraction of sp³-hybridized carbons (Fsp3) is 0.176. The van der Waals surface area contributed by atoms with Crippen molar-refractivity contribution >= 4 is 34.5 Å². The van der Waals surface area contributed by atoms with Crippen molar-refractivity contribution in [2.45, 2.75) is 19.8 Å². The highest BCUT2D eigenvalue weighted by molar-refractivity contribution is 7.17. The van der Waals surface area contributed by atoms with E-state index in [1.165, 1.54) is 6.92 Å². The molecule has 0 radical (unpaired) electrons. The van der Waals surface area contributed by atoms with Crippen LogP contribution in [0.4, 0.5) is 14.5 Å². The number of rotatable bonds is 4. The molecule has 1 aromatic carbocycles.